The molecule has 0 aliphatic heterocycles. The third-order valence-corrected chi connectivity index (χ3v) is 4.84. The minimum Gasteiger partial charge on any atom is -0.242 e. The van der Waals surface area contributed by atoms with Gasteiger partial charge in [0.1, 0.15) is 11.6 Å². The maximum atomic E-state index is 13.0. The van der Waals surface area contributed by atoms with Crippen LogP contribution < -0.4 is 4.72 Å². The molecule has 0 unspecified atom stereocenters. The van der Waals surface area contributed by atoms with Crippen LogP contribution in [0.15, 0.2) is 39.8 Å². The van der Waals surface area contributed by atoms with Crippen molar-refractivity contribution in [2.24, 2.45) is 0 Å². The molecule has 1 aromatic heterocycles. The minimum atomic E-state index is -3.74. The monoisotopic (exact) mass is 359 g/mol. The van der Waals surface area contributed by atoms with Gasteiger partial charge in [-0.1, -0.05) is 0 Å². The number of halogens is 2. The molecule has 0 aliphatic carbocycles. The highest BCUT2D eigenvalue weighted by Crippen LogP contribution is 2.22. The van der Waals surface area contributed by atoms with Crippen molar-refractivity contribution in [3.8, 4) is 0 Å². The van der Waals surface area contributed by atoms with Gasteiger partial charge >= 0.3 is 0 Å². The van der Waals surface area contributed by atoms with Crippen LogP contribution in [0.5, 0.6) is 0 Å². The summed E-state index contributed by atoms with van der Waals surface area (Å²) in [5.41, 5.74) is 0.555. The molecule has 106 valence electrons. The predicted octanol–water partition coefficient (Wildman–Crippen LogP) is 2.17. The Bertz CT molecular complexity index is 737. The molecule has 0 spiro atoms. The molecule has 0 bridgehead atoms. The van der Waals surface area contributed by atoms with Crippen molar-refractivity contribution < 1.29 is 12.8 Å². The number of rotatable bonds is 4. The highest BCUT2D eigenvalue weighted by atomic mass is 79.9. The lowest BCUT2D eigenvalue weighted by Gasteiger charge is -2.08. The maximum Gasteiger partial charge on any atom is 0.242 e. The lowest BCUT2D eigenvalue weighted by Crippen LogP contribution is -2.24. The largest absolute Gasteiger partial charge is 0.242 e. The number of benzene rings is 1. The molecular formula is C12H11BrFN3O2S. The van der Waals surface area contributed by atoms with E-state index in [0.29, 0.717) is 11.5 Å². The Kier molecular flexibility index (Phi) is 4.46. The molecule has 0 saturated heterocycles. The van der Waals surface area contributed by atoms with Gasteiger partial charge < -0.3 is 0 Å². The van der Waals surface area contributed by atoms with E-state index >= 15 is 0 Å². The van der Waals surface area contributed by atoms with E-state index in [2.05, 4.69) is 30.6 Å². The Morgan fingerprint density at radius 2 is 2.10 bits per heavy atom. The van der Waals surface area contributed by atoms with Gasteiger partial charge in [-0.25, -0.2) is 27.5 Å². The lowest BCUT2D eigenvalue weighted by atomic mass is 10.3. The molecule has 0 radical (unpaired) electrons. The zero-order chi connectivity index (χ0) is 14.8. The van der Waals surface area contributed by atoms with Gasteiger partial charge in [-0.3, -0.25) is 0 Å². The van der Waals surface area contributed by atoms with Gasteiger partial charge in [0.15, 0.2) is 0 Å². The second-order valence-corrected chi connectivity index (χ2v) is 6.58. The lowest BCUT2D eigenvalue weighted by molar-refractivity contribution is 0.578. The summed E-state index contributed by atoms with van der Waals surface area (Å²) >= 11 is 3.04. The van der Waals surface area contributed by atoms with Crippen molar-refractivity contribution in [1.29, 1.82) is 0 Å². The molecule has 20 heavy (non-hydrogen) atoms. The van der Waals surface area contributed by atoms with Crippen LogP contribution in [0.3, 0.4) is 0 Å². The SMILES string of the molecule is Cc1nccc(CNS(=O)(=O)c2ccc(F)cc2Br)n1. The first-order valence-corrected chi connectivity index (χ1v) is 7.89. The Hall–Kier alpha value is -1.38. The van der Waals surface area contributed by atoms with Crippen molar-refractivity contribution in [2.45, 2.75) is 18.4 Å². The van der Waals surface area contributed by atoms with E-state index in [4.69, 9.17) is 0 Å². The molecule has 1 N–H and O–H groups in total. The number of nitrogens with zero attached hydrogens (tertiary/aromatic N) is 2. The van der Waals surface area contributed by atoms with Crippen LogP contribution >= 0.6 is 15.9 Å². The van der Waals surface area contributed by atoms with Crippen LogP contribution in [0.1, 0.15) is 11.5 Å². The average molecular weight is 360 g/mol. The molecular weight excluding hydrogens is 349 g/mol. The number of aryl methyl sites for hydroxylation is 1. The second kappa shape index (κ2) is 5.94. The summed E-state index contributed by atoms with van der Waals surface area (Å²) in [6.45, 7) is 1.75. The van der Waals surface area contributed by atoms with Crippen molar-refractivity contribution >= 4 is 26.0 Å². The zero-order valence-electron chi connectivity index (χ0n) is 10.5. The Balaban J connectivity index is 2.19. The van der Waals surface area contributed by atoms with Gasteiger partial charge in [-0.2, -0.15) is 0 Å². The van der Waals surface area contributed by atoms with E-state index in [1.54, 1.807) is 19.2 Å². The molecule has 0 atom stereocenters. The summed E-state index contributed by atoms with van der Waals surface area (Å²) in [5, 5.41) is 0. The minimum absolute atomic E-state index is 0.0234. The molecule has 1 heterocycles. The summed E-state index contributed by atoms with van der Waals surface area (Å²) in [7, 11) is -3.74. The molecule has 0 fully saturated rings. The molecule has 2 aromatic rings. The van der Waals surface area contributed by atoms with E-state index in [0.717, 1.165) is 12.1 Å². The number of nitrogens with one attached hydrogen (secondary N) is 1. The summed E-state index contributed by atoms with van der Waals surface area (Å²) in [6.07, 6.45) is 1.56. The predicted molar refractivity (Wildman–Crippen MR) is 74.9 cm³/mol. The van der Waals surface area contributed by atoms with Crippen LogP contribution in [0.4, 0.5) is 4.39 Å². The van der Waals surface area contributed by atoms with Crippen molar-refractivity contribution in [1.82, 2.24) is 14.7 Å². The first-order chi connectivity index (χ1) is 9.38. The number of sulfonamides is 1. The van der Waals surface area contributed by atoms with Gasteiger partial charge in [0, 0.05) is 10.7 Å². The quantitative estimate of drug-likeness (QED) is 0.907. The fourth-order valence-electron chi connectivity index (χ4n) is 1.54. The Morgan fingerprint density at radius 1 is 1.35 bits per heavy atom. The zero-order valence-corrected chi connectivity index (χ0v) is 12.9. The Morgan fingerprint density at radius 3 is 2.75 bits per heavy atom. The van der Waals surface area contributed by atoms with E-state index in [-0.39, 0.29) is 15.9 Å². The van der Waals surface area contributed by atoms with Gasteiger partial charge in [0.2, 0.25) is 10.0 Å². The summed E-state index contributed by atoms with van der Waals surface area (Å²) in [5.74, 6) is 0.0481. The number of aromatic nitrogens is 2. The third-order valence-electron chi connectivity index (χ3n) is 2.46. The smallest absolute Gasteiger partial charge is 0.242 e. The van der Waals surface area contributed by atoms with Crippen molar-refractivity contribution in [2.75, 3.05) is 0 Å². The molecule has 0 aliphatic rings. The first-order valence-electron chi connectivity index (χ1n) is 5.62. The highest BCUT2D eigenvalue weighted by Gasteiger charge is 2.18. The molecule has 8 heteroatoms. The highest BCUT2D eigenvalue weighted by molar-refractivity contribution is 9.10. The van der Waals surface area contributed by atoms with E-state index in [9.17, 15) is 12.8 Å². The van der Waals surface area contributed by atoms with E-state index in [1.807, 2.05) is 0 Å². The van der Waals surface area contributed by atoms with Gasteiger partial charge in [-0.05, 0) is 47.1 Å². The van der Waals surface area contributed by atoms with Crippen LogP contribution in [-0.2, 0) is 16.6 Å². The van der Waals surface area contributed by atoms with Gasteiger partial charge in [0.05, 0.1) is 17.1 Å². The molecule has 0 amide bonds. The van der Waals surface area contributed by atoms with Crippen LogP contribution in [0.25, 0.3) is 0 Å². The third kappa shape index (κ3) is 3.59. The summed E-state index contributed by atoms with van der Waals surface area (Å²) in [6, 6.07) is 5.01. The Labute approximate surface area is 124 Å². The standard InChI is InChI=1S/C12H11BrFN3O2S/c1-8-15-5-4-10(17-8)7-16-20(18,19)12-3-2-9(14)6-11(12)13/h2-6,16H,7H2,1H3. The van der Waals surface area contributed by atoms with Gasteiger partial charge in [0.25, 0.3) is 0 Å². The van der Waals surface area contributed by atoms with E-state index < -0.39 is 15.8 Å². The fourth-order valence-corrected chi connectivity index (χ4v) is 3.59. The van der Waals surface area contributed by atoms with E-state index in [1.165, 1.54) is 6.07 Å². The number of hydrogen-bond donors (Lipinski definition) is 1. The van der Waals surface area contributed by atoms with Gasteiger partial charge in [-0.15, -0.1) is 0 Å². The normalized spacial score (nSPS) is 11.6. The van der Waals surface area contributed by atoms with Crippen molar-refractivity contribution in [3.63, 3.8) is 0 Å². The number of hydrogen-bond acceptors (Lipinski definition) is 4. The molecule has 5 nitrogen and oxygen atoms in total. The molecule has 1 aromatic carbocycles. The average Bonchev–Trinajstić information content (AvgIpc) is 2.36. The second-order valence-electron chi connectivity index (χ2n) is 3.99. The van der Waals surface area contributed by atoms with Crippen LogP contribution in [0.2, 0.25) is 0 Å². The summed E-state index contributed by atoms with van der Waals surface area (Å²) < 4.78 is 39.8. The van der Waals surface area contributed by atoms with Crippen molar-refractivity contribution in [3.05, 3.63) is 52.3 Å². The molecule has 0 saturated carbocycles. The van der Waals surface area contributed by atoms with Crippen LogP contribution in [-0.4, -0.2) is 18.4 Å². The summed E-state index contributed by atoms with van der Waals surface area (Å²) in [4.78, 5) is 8.00. The maximum absolute atomic E-state index is 13.0. The fraction of sp³-hybridized carbons (Fsp3) is 0.167. The van der Waals surface area contributed by atoms with Crippen LogP contribution in [0, 0.1) is 12.7 Å². The first kappa shape index (κ1) is 15.0. The topological polar surface area (TPSA) is 72.0 Å². The molecule has 2 rings (SSSR count).